The molecular weight excluding hydrogens is 392 g/mol. The zero-order valence-corrected chi connectivity index (χ0v) is 16.4. The molecular formula is C18H19ClN2O5S. The van der Waals surface area contributed by atoms with E-state index in [1.54, 1.807) is 19.1 Å². The van der Waals surface area contributed by atoms with E-state index >= 15 is 0 Å². The molecule has 0 fully saturated rings. The Morgan fingerprint density at radius 2 is 1.78 bits per heavy atom. The van der Waals surface area contributed by atoms with Gasteiger partial charge >= 0.3 is 5.97 Å². The molecule has 0 spiro atoms. The van der Waals surface area contributed by atoms with Gasteiger partial charge in [0.05, 0.1) is 17.6 Å². The molecule has 0 bridgehead atoms. The average molecular weight is 411 g/mol. The van der Waals surface area contributed by atoms with Crippen molar-refractivity contribution >= 4 is 39.2 Å². The Balaban J connectivity index is 1.95. The van der Waals surface area contributed by atoms with Gasteiger partial charge in [0.1, 0.15) is 0 Å². The first-order chi connectivity index (χ1) is 12.7. The number of anilines is 1. The van der Waals surface area contributed by atoms with E-state index in [2.05, 4.69) is 14.8 Å². The van der Waals surface area contributed by atoms with E-state index in [0.29, 0.717) is 16.3 Å². The number of halogens is 1. The minimum absolute atomic E-state index is 0.0638. The molecule has 0 radical (unpaired) electrons. The molecule has 0 heterocycles. The third-order valence-electron chi connectivity index (χ3n) is 3.70. The summed E-state index contributed by atoms with van der Waals surface area (Å²) in [5.74, 6) is -0.903. The fraction of sp³-hybridized carbons (Fsp3) is 0.222. The summed E-state index contributed by atoms with van der Waals surface area (Å²) < 4.78 is 31.3. The van der Waals surface area contributed by atoms with E-state index in [0.717, 1.165) is 5.56 Å². The molecule has 2 rings (SSSR count). The monoisotopic (exact) mass is 410 g/mol. The van der Waals surface area contributed by atoms with Crippen LogP contribution in [0.5, 0.6) is 0 Å². The minimum atomic E-state index is -3.72. The Morgan fingerprint density at radius 1 is 1.11 bits per heavy atom. The maximum atomic E-state index is 12.2. The zero-order valence-electron chi connectivity index (χ0n) is 14.8. The van der Waals surface area contributed by atoms with E-state index < -0.39 is 16.0 Å². The number of methoxy groups -OCH3 is 1. The summed E-state index contributed by atoms with van der Waals surface area (Å²) in [5.41, 5.74) is 1.53. The van der Waals surface area contributed by atoms with Gasteiger partial charge in [0.2, 0.25) is 15.9 Å². The van der Waals surface area contributed by atoms with Gasteiger partial charge in [-0.05, 0) is 48.9 Å². The molecule has 1 amide bonds. The van der Waals surface area contributed by atoms with Crippen LogP contribution in [0.1, 0.15) is 22.3 Å². The lowest BCUT2D eigenvalue weighted by molar-refractivity contribution is -0.116. The predicted molar refractivity (Wildman–Crippen MR) is 102 cm³/mol. The van der Waals surface area contributed by atoms with Gasteiger partial charge in [0.15, 0.2) is 0 Å². The highest BCUT2D eigenvalue weighted by Crippen LogP contribution is 2.18. The van der Waals surface area contributed by atoms with Gasteiger partial charge in [-0.25, -0.2) is 17.9 Å². The van der Waals surface area contributed by atoms with Crippen molar-refractivity contribution in [3.63, 3.8) is 0 Å². The van der Waals surface area contributed by atoms with Gasteiger partial charge in [-0.2, -0.15) is 0 Å². The largest absolute Gasteiger partial charge is 0.465 e. The fourth-order valence-electron chi connectivity index (χ4n) is 2.21. The van der Waals surface area contributed by atoms with Crippen LogP contribution in [0.25, 0.3) is 0 Å². The molecule has 2 N–H and O–H groups in total. The lowest BCUT2D eigenvalue weighted by Gasteiger charge is -2.11. The molecule has 0 saturated heterocycles. The molecule has 0 aliphatic carbocycles. The molecule has 7 nitrogen and oxygen atoms in total. The number of hydrogen-bond acceptors (Lipinski definition) is 5. The van der Waals surface area contributed by atoms with Gasteiger partial charge in [0.25, 0.3) is 0 Å². The summed E-state index contributed by atoms with van der Waals surface area (Å²) in [6.45, 7) is 1.70. The summed E-state index contributed by atoms with van der Waals surface area (Å²) in [7, 11) is -2.45. The van der Waals surface area contributed by atoms with Crippen LogP contribution in [0, 0.1) is 6.92 Å². The van der Waals surface area contributed by atoms with Crippen LogP contribution in [-0.4, -0.2) is 33.9 Å². The normalized spacial score (nSPS) is 11.1. The molecule has 0 saturated carbocycles. The number of carbonyl (C=O) groups excluding carboxylic acids is 2. The third-order valence-corrected chi connectivity index (χ3v) is 5.43. The standard InChI is InChI=1S/C18H19ClN2O5S/c1-12-3-4-13(18(23)26-2)11-16(12)21-17(22)9-10-20-27(24,25)15-7-5-14(19)6-8-15/h3-8,11,20H,9-10H2,1-2H3,(H,21,22). The number of aryl methyl sites for hydroxylation is 1. The van der Waals surface area contributed by atoms with Crippen molar-refractivity contribution in [2.45, 2.75) is 18.2 Å². The Labute approximate surface area is 162 Å². The number of rotatable bonds is 7. The van der Waals surface area contributed by atoms with E-state index in [1.807, 2.05) is 0 Å². The summed E-state index contributed by atoms with van der Waals surface area (Å²) >= 11 is 5.74. The molecule has 27 heavy (non-hydrogen) atoms. The first kappa shape index (κ1) is 20.9. The fourth-order valence-corrected chi connectivity index (χ4v) is 3.37. The summed E-state index contributed by atoms with van der Waals surface area (Å²) in [4.78, 5) is 23.7. The number of hydrogen-bond donors (Lipinski definition) is 2. The van der Waals surface area contributed by atoms with E-state index in [4.69, 9.17) is 11.6 Å². The van der Waals surface area contributed by atoms with Crippen LogP contribution in [0.2, 0.25) is 5.02 Å². The number of amides is 1. The van der Waals surface area contributed by atoms with Gasteiger partial charge in [0, 0.05) is 23.7 Å². The molecule has 2 aromatic carbocycles. The molecule has 0 aliphatic heterocycles. The number of benzene rings is 2. The highest BCUT2D eigenvalue weighted by Gasteiger charge is 2.15. The number of nitrogens with one attached hydrogen (secondary N) is 2. The van der Waals surface area contributed by atoms with Crippen LogP contribution in [0.15, 0.2) is 47.4 Å². The van der Waals surface area contributed by atoms with Gasteiger partial charge in [-0.1, -0.05) is 17.7 Å². The Kier molecular flexibility index (Phi) is 6.95. The molecule has 2 aromatic rings. The van der Waals surface area contributed by atoms with Crippen molar-refractivity contribution in [2.75, 3.05) is 19.0 Å². The summed E-state index contributed by atoms with van der Waals surface area (Å²) in [5, 5.41) is 3.09. The third kappa shape index (κ3) is 5.78. The number of esters is 1. The Hall–Kier alpha value is -2.42. The summed E-state index contributed by atoms with van der Waals surface area (Å²) in [6, 6.07) is 10.5. The van der Waals surface area contributed by atoms with Crippen molar-refractivity contribution in [3.8, 4) is 0 Å². The zero-order chi connectivity index (χ0) is 20.0. The van der Waals surface area contributed by atoms with Gasteiger partial charge in [-0.3, -0.25) is 4.79 Å². The molecule has 144 valence electrons. The second-order valence-electron chi connectivity index (χ2n) is 5.67. The molecule has 0 atom stereocenters. The van der Waals surface area contributed by atoms with E-state index in [1.165, 1.54) is 37.4 Å². The van der Waals surface area contributed by atoms with Crippen LogP contribution in [0.4, 0.5) is 5.69 Å². The minimum Gasteiger partial charge on any atom is -0.465 e. The van der Waals surface area contributed by atoms with Crippen LogP contribution in [-0.2, 0) is 19.6 Å². The van der Waals surface area contributed by atoms with Crippen LogP contribution in [0.3, 0.4) is 0 Å². The van der Waals surface area contributed by atoms with Gasteiger partial charge in [-0.15, -0.1) is 0 Å². The first-order valence-corrected chi connectivity index (χ1v) is 9.83. The quantitative estimate of drug-likeness (QED) is 0.683. The predicted octanol–water partition coefficient (Wildman–Crippen LogP) is 2.74. The Bertz CT molecular complexity index is 943. The van der Waals surface area contributed by atoms with Crippen molar-refractivity contribution in [1.29, 1.82) is 0 Å². The van der Waals surface area contributed by atoms with Gasteiger partial charge < -0.3 is 10.1 Å². The van der Waals surface area contributed by atoms with Crippen molar-refractivity contribution in [2.24, 2.45) is 0 Å². The first-order valence-electron chi connectivity index (χ1n) is 7.97. The second-order valence-corrected chi connectivity index (χ2v) is 7.87. The summed E-state index contributed by atoms with van der Waals surface area (Å²) in [6.07, 6.45) is -0.0747. The Morgan fingerprint density at radius 3 is 2.41 bits per heavy atom. The van der Waals surface area contributed by atoms with Crippen molar-refractivity contribution in [1.82, 2.24) is 4.72 Å². The smallest absolute Gasteiger partial charge is 0.337 e. The number of sulfonamides is 1. The average Bonchev–Trinajstić information content (AvgIpc) is 2.63. The highest BCUT2D eigenvalue weighted by atomic mass is 35.5. The molecule has 0 aliphatic rings. The lowest BCUT2D eigenvalue weighted by Crippen LogP contribution is -2.28. The lowest BCUT2D eigenvalue weighted by atomic mass is 10.1. The SMILES string of the molecule is COC(=O)c1ccc(C)c(NC(=O)CCNS(=O)(=O)c2ccc(Cl)cc2)c1. The number of ether oxygens (including phenoxy) is 1. The second kappa shape index (κ2) is 8.98. The van der Waals surface area contributed by atoms with Crippen molar-refractivity contribution in [3.05, 3.63) is 58.6 Å². The molecule has 9 heteroatoms. The maximum absolute atomic E-state index is 12.2. The highest BCUT2D eigenvalue weighted by molar-refractivity contribution is 7.89. The van der Waals surface area contributed by atoms with E-state index in [-0.39, 0.29) is 23.8 Å². The van der Waals surface area contributed by atoms with E-state index in [9.17, 15) is 18.0 Å². The maximum Gasteiger partial charge on any atom is 0.337 e. The molecule has 0 unspecified atom stereocenters. The molecule has 0 aromatic heterocycles. The van der Waals surface area contributed by atoms with Crippen LogP contribution >= 0.6 is 11.6 Å². The number of carbonyl (C=O) groups is 2. The van der Waals surface area contributed by atoms with Crippen LogP contribution < -0.4 is 10.0 Å². The van der Waals surface area contributed by atoms with Crippen molar-refractivity contribution < 1.29 is 22.7 Å². The topological polar surface area (TPSA) is 102 Å².